The Labute approximate surface area is 141 Å². The standard InChI is InChI=1S/C15H14FN3O5S/c16-10-3-1-9(2-4-10)7-17-14(21)12-13(20)15(22)19-5-6-25(23,24)8-11(19)18-12/h1-4,20H,5-8H2,(H,17,21). The van der Waals surface area contributed by atoms with Crippen LogP contribution in [0.15, 0.2) is 29.1 Å². The largest absolute Gasteiger partial charge is 0.501 e. The zero-order chi connectivity index (χ0) is 18.2. The highest BCUT2D eigenvalue weighted by atomic mass is 32.2. The van der Waals surface area contributed by atoms with Crippen molar-refractivity contribution in [1.29, 1.82) is 0 Å². The summed E-state index contributed by atoms with van der Waals surface area (Å²) in [5.74, 6) is -2.86. The van der Waals surface area contributed by atoms with Gasteiger partial charge in [-0.3, -0.25) is 14.2 Å². The summed E-state index contributed by atoms with van der Waals surface area (Å²) in [5.41, 5.74) is -0.784. The fourth-order valence-electron chi connectivity index (χ4n) is 2.46. The second-order valence-electron chi connectivity index (χ2n) is 5.58. The summed E-state index contributed by atoms with van der Waals surface area (Å²) in [7, 11) is -3.40. The Kier molecular flexibility index (Phi) is 4.29. The number of aromatic hydroxyl groups is 1. The Hall–Kier alpha value is -2.75. The van der Waals surface area contributed by atoms with E-state index in [1.807, 2.05) is 0 Å². The molecule has 0 bridgehead atoms. The molecule has 10 heteroatoms. The molecule has 1 amide bonds. The lowest BCUT2D eigenvalue weighted by Crippen LogP contribution is -2.36. The maximum atomic E-state index is 12.9. The molecule has 0 unspecified atom stereocenters. The lowest BCUT2D eigenvalue weighted by molar-refractivity contribution is 0.0941. The Morgan fingerprint density at radius 2 is 2.00 bits per heavy atom. The Balaban J connectivity index is 1.86. The third-order valence-electron chi connectivity index (χ3n) is 3.78. The first-order valence-corrected chi connectivity index (χ1v) is 9.15. The van der Waals surface area contributed by atoms with Gasteiger partial charge in [-0.25, -0.2) is 17.8 Å². The molecule has 0 aliphatic carbocycles. The van der Waals surface area contributed by atoms with Crippen molar-refractivity contribution < 1.29 is 22.7 Å². The predicted molar refractivity (Wildman–Crippen MR) is 85.2 cm³/mol. The van der Waals surface area contributed by atoms with Gasteiger partial charge >= 0.3 is 0 Å². The summed E-state index contributed by atoms with van der Waals surface area (Å²) in [4.78, 5) is 28.2. The van der Waals surface area contributed by atoms with Crippen molar-refractivity contribution in [3.8, 4) is 5.75 Å². The second kappa shape index (κ2) is 6.28. The van der Waals surface area contributed by atoms with Crippen molar-refractivity contribution in [2.45, 2.75) is 18.8 Å². The number of fused-ring (bicyclic) bond motifs is 1. The van der Waals surface area contributed by atoms with E-state index >= 15 is 0 Å². The topological polar surface area (TPSA) is 118 Å². The van der Waals surface area contributed by atoms with Crippen molar-refractivity contribution in [2.75, 3.05) is 5.75 Å². The van der Waals surface area contributed by atoms with Gasteiger partial charge in [0.15, 0.2) is 15.5 Å². The van der Waals surface area contributed by atoms with Gasteiger partial charge < -0.3 is 10.4 Å². The Morgan fingerprint density at radius 3 is 2.68 bits per heavy atom. The number of carbonyl (C=O) groups excluding carboxylic acids is 1. The Bertz CT molecular complexity index is 999. The van der Waals surface area contributed by atoms with Gasteiger partial charge in [-0.15, -0.1) is 0 Å². The van der Waals surface area contributed by atoms with Crippen LogP contribution in [0.1, 0.15) is 21.9 Å². The lowest BCUT2D eigenvalue weighted by atomic mass is 10.2. The molecular formula is C15H14FN3O5S. The summed E-state index contributed by atoms with van der Waals surface area (Å²) >= 11 is 0. The molecule has 0 atom stereocenters. The average molecular weight is 367 g/mol. The minimum atomic E-state index is -3.40. The highest BCUT2D eigenvalue weighted by Gasteiger charge is 2.28. The number of carbonyl (C=O) groups is 1. The van der Waals surface area contributed by atoms with Crippen LogP contribution in [0.3, 0.4) is 0 Å². The van der Waals surface area contributed by atoms with Crippen LogP contribution in [0, 0.1) is 5.82 Å². The number of nitrogens with zero attached hydrogens (tertiary/aromatic N) is 2. The van der Waals surface area contributed by atoms with Crippen molar-refractivity contribution >= 4 is 15.7 Å². The second-order valence-corrected chi connectivity index (χ2v) is 7.77. The number of rotatable bonds is 3. The Morgan fingerprint density at radius 1 is 1.32 bits per heavy atom. The number of benzene rings is 1. The van der Waals surface area contributed by atoms with Gasteiger partial charge in [0.1, 0.15) is 17.4 Å². The third-order valence-corrected chi connectivity index (χ3v) is 5.28. The smallest absolute Gasteiger partial charge is 0.296 e. The first-order valence-electron chi connectivity index (χ1n) is 7.32. The van der Waals surface area contributed by atoms with Gasteiger partial charge in [0.05, 0.1) is 5.75 Å². The van der Waals surface area contributed by atoms with Crippen molar-refractivity contribution in [1.82, 2.24) is 14.9 Å². The molecule has 2 heterocycles. The van der Waals surface area contributed by atoms with Gasteiger partial charge in [0.25, 0.3) is 11.5 Å². The summed E-state index contributed by atoms with van der Waals surface area (Å²) in [6.07, 6.45) is 0. The van der Waals surface area contributed by atoms with E-state index in [-0.39, 0.29) is 24.7 Å². The summed E-state index contributed by atoms with van der Waals surface area (Å²) < 4.78 is 37.3. The highest BCUT2D eigenvalue weighted by molar-refractivity contribution is 7.90. The van der Waals surface area contributed by atoms with E-state index in [1.165, 1.54) is 24.3 Å². The van der Waals surface area contributed by atoms with E-state index in [4.69, 9.17) is 0 Å². The number of hydrogen-bond donors (Lipinski definition) is 2. The molecule has 1 aliphatic heterocycles. The van der Waals surface area contributed by atoms with E-state index < -0.39 is 44.3 Å². The minimum Gasteiger partial charge on any atom is -0.501 e. The molecule has 0 radical (unpaired) electrons. The summed E-state index contributed by atoms with van der Waals surface area (Å²) in [6.45, 7) is -0.0918. The van der Waals surface area contributed by atoms with Crippen LogP contribution in [0.5, 0.6) is 5.75 Å². The van der Waals surface area contributed by atoms with Gasteiger partial charge in [-0.05, 0) is 17.7 Å². The number of nitrogens with one attached hydrogen (secondary N) is 1. The van der Waals surface area contributed by atoms with Crippen LogP contribution >= 0.6 is 0 Å². The van der Waals surface area contributed by atoms with E-state index in [2.05, 4.69) is 10.3 Å². The molecule has 2 aromatic rings. The highest BCUT2D eigenvalue weighted by Crippen LogP contribution is 2.16. The zero-order valence-corrected chi connectivity index (χ0v) is 13.7. The maximum absolute atomic E-state index is 12.9. The molecule has 0 saturated heterocycles. The molecule has 132 valence electrons. The number of amides is 1. The van der Waals surface area contributed by atoms with Gasteiger partial charge in [0.2, 0.25) is 5.75 Å². The summed E-state index contributed by atoms with van der Waals surface area (Å²) in [5, 5.41) is 12.4. The number of hydrogen-bond acceptors (Lipinski definition) is 6. The normalized spacial score (nSPS) is 15.4. The monoisotopic (exact) mass is 367 g/mol. The number of halogens is 1. The van der Waals surface area contributed by atoms with Crippen molar-refractivity contribution in [3.63, 3.8) is 0 Å². The molecular weight excluding hydrogens is 353 g/mol. The van der Waals surface area contributed by atoms with Gasteiger partial charge in [-0.2, -0.15) is 0 Å². The van der Waals surface area contributed by atoms with Gasteiger partial charge in [0, 0.05) is 13.1 Å². The molecule has 3 rings (SSSR count). The molecule has 8 nitrogen and oxygen atoms in total. The molecule has 0 saturated carbocycles. The van der Waals surface area contributed by atoms with Crippen LogP contribution in [-0.2, 0) is 28.7 Å². The molecule has 1 aromatic heterocycles. The molecule has 1 aromatic carbocycles. The molecule has 1 aliphatic rings. The quantitative estimate of drug-likeness (QED) is 0.785. The fourth-order valence-corrected chi connectivity index (χ4v) is 3.67. The van der Waals surface area contributed by atoms with Gasteiger partial charge in [-0.1, -0.05) is 12.1 Å². The fraction of sp³-hybridized carbons (Fsp3) is 0.267. The van der Waals surface area contributed by atoms with E-state index in [0.29, 0.717) is 5.56 Å². The van der Waals surface area contributed by atoms with E-state index in [1.54, 1.807) is 0 Å². The maximum Gasteiger partial charge on any atom is 0.296 e. The van der Waals surface area contributed by atoms with E-state index in [9.17, 15) is 27.5 Å². The van der Waals surface area contributed by atoms with Crippen LogP contribution in [0.2, 0.25) is 0 Å². The first-order chi connectivity index (χ1) is 11.8. The van der Waals surface area contributed by atoms with Crippen molar-refractivity contribution in [2.24, 2.45) is 0 Å². The molecule has 2 N–H and O–H groups in total. The predicted octanol–water partition coefficient (Wildman–Crippen LogP) is -0.0536. The molecule has 0 fully saturated rings. The van der Waals surface area contributed by atoms with Crippen LogP contribution in [0.25, 0.3) is 0 Å². The zero-order valence-electron chi connectivity index (χ0n) is 12.9. The third kappa shape index (κ3) is 3.53. The molecule has 25 heavy (non-hydrogen) atoms. The van der Waals surface area contributed by atoms with Crippen molar-refractivity contribution in [3.05, 3.63) is 57.5 Å². The minimum absolute atomic E-state index is 0.0248. The van der Waals surface area contributed by atoms with Crippen LogP contribution < -0.4 is 10.9 Å². The van der Waals surface area contributed by atoms with Crippen LogP contribution in [0.4, 0.5) is 4.39 Å². The number of sulfone groups is 1. The molecule has 0 spiro atoms. The number of aromatic nitrogens is 2. The average Bonchev–Trinajstić information content (AvgIpc) is 2.56. The SMILES string of the molecule is O=C(NCc1ccc(F)cc1)c1nc2n(c(=O)c1O)CCS(=O)(=O)C2. The van der Waals surface area contributed by atoms with Crippen LogP contribution in [-0.4, -0.2) is 34.7 Å². The summed E-state index contributed by atoms with van der Waals surface area (Å²) in [6, 6.07) is 5.40. The van der Waals surface area contributed by atoms with E-state index in [0.717, 1.165) is 4.57 Å². The lowest BCUT2D eigenvalue weighted by Gasteiger charge is -2.18. The first kappa shape index (κ1) is 17.1.